The summed E-state index contributed by atoms with van der Waals surface area (Å²) in [5.41, 5.74) is 1.04. The average molecular weight is 270 g/mol. The lowest BCUT2D eigenvalue weighted by Gasteiger charge is -2.31. The zero-order valence-electron chi connectivity index (χ0n) is 8.99. The number of rotatable bonds is 2. The first-order valence-corrected chi connectivity index (χ1v) is 6.52. The Kier molecular flexibility index (Phi) is 3.57. The van der Waals surface area contributed by atoms with Crippen LogP contribution in [-0.4, -0.2) is 28.4 Å². The number of halogens is 1. The lowest BCUT2D eigenvalue weighted by atomic mass is 9.99. The minimum Gasteiger partial charge on any atom is -0.341 e. The van der Waals surface area contributed by atoms with E-state index in [1.807, 2.05) is 19.2 Å². The summed E-state index contributed by atoms with van der Waals surface area (Å²) in [5.74, 6) is 1.72. The minimum atomic E-state index is 0.825. The van der Waals surface area contributed by atoms with Gasteiger partial charge in [0.25, 0.3) is 0 Å². The zero-order chi connectivity index (χ0) is 10.7. The molecule has 82 valence electrons. The van der Waals surface area contributed by atoms with Gasteiger partial charge in [0.05, 0.1) is 0 Å². The second kappa shape index (κ2) is 4.92. The fourth-order valence-electron chi connectivity index (χ4n) is 1.88. The summed E-state index contributed by atoms with van der Waals surface area (Å²) in [7, 11) is 0. The molecule has 1 saturated heterocycles. The maximum absolute atomic E-state index is 4.45. The first-order chi connectivity index (χ1) is 7.29. The summed E-state index contributed by atoms with van der Waals surface area (Å²) in [6.07, 6.45) is 4.32. The van der Waals surface area contributed by atoms with Gasteiger partial charge in [-0.3, -0.25) is 0 Å². The second-order valence-electron chi connectivity index (χ2n) is 4.08. The first-order valence-electron chi connectivity index (χ1n) is 5.40. The number of piperidine rings is 1. The summed E-state index contributed by atoms with van der Waals surface area (Å²) in [4.78, 5) is 11.1. The smallest absolute Gasteiger partial charge is 0.225 e. The Labute approximate surface area is 99.0 Å². The van der Waals surface area contributed by atoms with Crippen molar-refractivity contribution in [1.82, 2.24) is 9.97 Å². The number of anilines is 1. The van der Waals surface area contributed by atoms with Gasteiger partial charge in [0.1, 0.15) is 0 Å². The molecule has 0 aromatic carbocycles. The van der Waals surface area contributed by atoms with Crippen LogP contribution < -0.4 is 4.90 Å². The van der Waals surface area contributed by atoms with Crippen molar-refractivity contribution in [3.63, 3.8) is 0 Å². The van der Waals surface area contributed by atoms with E-state index < -0.39 is 0 Å². The zero-order valence-corrected chi connectivity index (χ0v) is 10.6. The third-order valence-electron chi connectivity index (χ3n) is 2.90. The van der Waals surface area contributed by atoms with Gasteiger partial charge in [-0.1, -0.05) is 15.9 Å². The van der Waals surface area contributed by atoms with Crippen molar-refractivity contribution in [1.29, 1.82) is 0 Å². The molecule has 0 amide bonds. The molecule has 0 saturated carbocycles. The molecule has 0 spiro atoms. The van der Waals surface area contributed by atoms with Crippen LogP contribution in [0.3, 0.4) is 0 Å². The summed E-state index contributed by atoms with van der Waals surface area (Å²) in [6.45, 7) is 4.18. The standard InChI is InChI=1S/C11H16BrN3/c1-9-2-5-13-11(14-9)15-6-3-10(8-12)4-7-15/h2,5,10H,3-4,6-8H2,1H3. The Morgan fingerprint density at radius 2 is 2.20 bits per heavy atom. The van der Waals surface area contributed by atoms with E-state index in [4.69, 9.17) is 0 Å². The minimum absolute atomic E-state index is 0.825. The van der Waals surface area contributed by atoms with Gasteiger partial charge in [-0.2, -0.15) is 0 Å². The van der Waals surface area contributed by atoms with E-state index >= 15 is 0 Å². The van der Waals surface area contributed by atoms with Crippen molar-refractivity contribution in [2.75, 3.05) is 23.3 Å². The Bertz CT molecular complexity index is 321. The predicted molar refractivity (Wildman–Crippen MR) is 65.5 cm³/mol. The quantitative estimate of drug-likeness (QED) is 0.773. The molecule has 0 radical (unpaired) electrons. The Hall–Kier alpha value is -0.640. The maximum atomic E-state index is 4.45. The molecule has 1 aromatic heterocycles. The molecule has 15 heavy (non-hydrogen) atoms. The van der Waals surface area contributed by atoms with Crippen molar-refractivity contribution >= 4 is 21.9 Å². The van der Waals surface area contributed by atoms with Crippen molar-refractivity contribution in [3.05, 3.63) is 18.0 Å². The van der Waals surface area contributed by atoms with E-state index in [0.29, 0.717) is 0 Å². The highest BCUT2D eigenvalue weighted by molar-refractivity contribution is 9.09. The van der Waals surface area contributed by atoms with Gasteiger partial charge in [-0.25, -0.2) is 9.97 Å². The summed E-state index contributed by atoms with van der Waals surface area (Å²) in [5, 5.41) is 1.12. The number of hydrogen-bond donors (Lipinski definition) is 0. The number of aromatic nitrogens is 2. The van der Waals surface area contributed by atoms with Crippen LogP contribution in [0.4, 0.5) is 5.95 Å². The molecule has 1 fully saturated rings. The van der Waals surface area contributed by atoms with Gasteiger partial charge in [0.2, 0.25) is 5.95 Å². The van der Waals surface area contributed by atoms with E-state index in [1.54, 1.807) is 0 Å². The average Bonchev–Trinajstić information content (AvgIpc) is 2.29. The van der Waals surface area contributed by atoms with Crippen LogP contribution in [-0.2, 0) is 0 Å². The van der Waals surface area contributed by atoms with Gasteiger partial charge in [0.15, 0.2) is 0 Å². The fraction of sp³-hybridized carbons (Fsp3) is 0.636. The molecule has 0 atom stereocenters. The van der Waals surface area contributed by atoms with Crippen LogP contribution in [0.1, 0.15) is 18.5 Å². The molecule has 3 nitrogen and oxygen atoms in total. The van der Waals surface area contributed by atoms with Crippen LogP contribution in [0, 0.1) is 12.8 Å². The van der Waals surface area contributed by atoms with E-state index in [-0.39, 0.29) is 0 Å². The van der Waals surface area contributed by atoms with E-state index in [1.165, 1.54) is 12.8 Å². The monoisotopic (exact) mass is 269 g/mol. The molecule has 1 aliphatic heterocycles. The molecular formula is C11H16BrN3. The van der Waals surface area contributed by atoms with Crippen molar-refractivity contribution in [2.45, 2.75) is 19.8 Å². The highest BCUT2D eigenvalue weighted by Crippen LogP contribution is 2.21. The summed E-state index contributed by atoms with van der Waals surface area (Å²) >= 11 is 3.55. The Morgan fingerprint density at radius 1 is 1.47 bits per heavy atom. The number of aryl methyl sites for hydroxylation is 1. The van der Waals surface area contributed by atoms with Gasteiger partial charge < -0.3 is 4.90 Å². The highest BCUT2D eigenvalue weighted by Gasteiger charge is 2.19. The van der Waals surface area contributed by atoms with Crippen LogP contribution in [0.25, 0.3) is 0 Å². The molecule has 0 aliphatic carbocycles. The third-order valence-corrected chi connectivity index (χ3v) is 3.81. The van der Waals surface area contributed by atoms with Gasteiger partial charge in [0, 0.05) is 30.3 Å². The second-order valence-corrected chi connectivity index (χ2v) is 4.73. The van der Waals surface area contributed by atoms with Crippen LogP contribution in [0.5, 0.6) is 0 Å². The third kappa shape index (κ3) is 2.68. The molecular weight excluding hydrogens is 254 g/mol. The first kappa shape index (κ1) is 10.9. The summed E-state index contributed by atoms with van der Waals surface area (Å²) < 4.78 is 0. The molecule has 1 aromatic rings. The SMILES string of the molecule is Cc1ccnc(N2CCC(CBr)CC2)n1. The maximum Gasteiger partial charge on any atom is 0.225 e. The topological polar surface area (TPSA) is 29.0 Å². The fourth-order valence-corrected chi connectivity index (χ4v) is 2.52. The molecule has 1 aliphatic rings. The molecule has 0 bridgehead atoms. The number of nitrogens with zero attached hydrogens (tertiary/aromatic N) is 3. The number of alkyl halides is 1. The van der Waals surface area contributed by atoms with Gasteiger partial charge in [-0.15, -0.1) is 0 Å². The van der Waals surface area contributed by atoms with Crippen LogP contribution in [0.15, 0.2) is 12.3 Å². The predicted octanol–water partition coefficient (Wildman–Crippen LogP) is 2.40. The van der Waals surface area contributed by atoms with Gasteiger partial charge in [-0.05, 0) is 31.7 Å². The Morgan fingerprint density at radius 3 is 2.80 bits per heavy atom. The molecule has 0 unspecified atom stereocenters. The lowest BCUT2D eigenvalue weighted by molar-refractivity contribution is 0.442. The van der Waals surface area contributed by atoms with E-state index in [2.05, 4.69) is 30.8 Å². The molecule has 4 heteroatoms. The molecule has 2 heterocycles. The normalized spacial score (nSPS) is 18.1. The van der Waals surface area contributed by atoms with Crippen molar-refractivity contribution in [2.24, 2.45) is 5.92 Å². The largest absolute Gasteiger partial charge is 0.341 e. The van der Waals surface area contributed by atoms with Crippen LogP contribution >= 0.6 is 15.9 Å². The molecule has 2 rings (SSSR count). The number of hydrogen-bond acceptors (Lipinski definition) is 3. The Balaban J connectivity index is 2.01. The van der Waals surface area contributed by atoms with E-state index in [0.717, 1.165) is 36.0 Å². The highest BCUT2D eigenvalue weighted by atomic mass is 79.9. The van der Waals surface area contributed by atoms with Gasteiger partial charge >= 0.3 is 0 Å². The van der Waals surface area contributed by atoms with Crippen molar-refractivity contribution in [3.8, 4) is 0 Å². The molecule has 0 N–H and O–H groups in total. The van der Waals surface area contributed by atoms with Crippen LogP contribution in [0.2, 0.25) is 0 Å². The lowest BCUT2D eigenvalue weighted by Crippen LogP contribution is -2.35. The van der Waals surface area contributed by atoms with E-state index in [9.17, 15) is 0 Å². The van der Waals surface area contributed by atoms with Crippen molar-refractivity contribution < 1.29 is 0 Å². The summed E-state index contributed by atoms with van der Waals surface area (Å²) in [6, 6.07) is 1.94.